The van der Waals surface area contributed by atoms with Crippen molar-refractivity contribution in [3.63, 3.8) is 0 Å². The molecule has 0 aliphatic rings. The van der Waals surface area contributed by atoms with Gasteiger partial charge in [-0.15, -0.1) is 11.8 Å². The molecule has 4 nitrogen and oxygen atoms in total. The predicted molar refractivity (Wildman–Crippen MR) is 68.9 cm³/mol. The Morgan fingerprint density at radius 1 is 1.47 bits per heavy atom. The molecule has 0 aliphatic carbocycles. The van der Waals surface area contributed by atoms with Gasteiger partial charge < -0.3 is 0 Å². The van der Waals surface area contributed by atoms with Crippen molar-refractivity contribution in [3.05, 3.63) is 23.0 Å². The first-order valence-electron chi connectivity index (χ1n) is 5.91. The summed E-state index contributed by atoms with van der Waals surface area (Å²) >= 11 is 0. The lowest BCUT2D eigenvalue weighted by atomic mass is 10.00. The van der Waals surface area contributed by atoms with Crippen LogP contribution in [0.5, 0.6) is 0 Å². The summed E-state index contributed by atoms with van der Waals surface area (Å²) in [7, 11) is 0. The molecule has 0 bridgehead atoms. The lowest BCUT2D eigenvalue weighted by Gasteiger charge is -2.17. The minimum Gasteiger partial charge on any atom is -0.271 e. The van der Waals surface area contributed by atoms with Crippen molar-refractivity contribution < 1.29 is 0 Å². The standard InChI is InChI=1S/C13H20N4/c1-4-6-7-8-13(15-14)11-9-10(3)16-17-12(11)5-2/h9,13,15H,5,7-8,14H2,1-3H3. The molecule has 0 spiro atoms. The molecular weight excluding hydrogens is 212 g/mol. The van der Waals surface area contributed by atoms with Gasteiger partial charge in [-0.1, -0.05) is 6.92 Å². The number of hydrogen-bond acceptors (Lipinski definition) is 4. The van der Waals surface area contributed by atoms with E-state index in [1.807, 2.05) is 13.8 Å². The summed E-state index contributed by atoms with van der Waals surface area (Å²) in [4.78, 5) is 0. The molecule has 1 atom stereocenters. The molecule has 3 N–H and O–H groups in total. The van der Waals surface area contributed by atoms with Crippen molar-refractivity contribution in [1.82, 2.24) is 15.6 Å². The summed E-state index contributed by atoms with van der Waals surface area (Å²) in [5.74, 6) is 11.6. The van der Waals surface area contributed by atoms with Crippen LogP contribution in [0.1, 0.15) is 49.7 Å². The van der Waals surface area contributed by atoms with Gasteiger partial charge in [0, 0.05) is 12.5 Å². The number of nitrogens with one attached hydrogen (secondary N) is 1. The van der Waals surface area contributed by atoms with E-state index in [2.05, 4.69) is 40.5 Å². The number of hydrazine groups is 1. The van der Waals surface area contributed by atoms with Gasteiger partial charge in [0.15, 0.2) is 0 Å². The number of nitrogens with zero attached hydrogens (tertiary/aromatic N) is 2. The summed E-state index contributed by atoms with van der Waals surface area (Å²) in [5.41, 5.74) is 5.90. The average Bonchev–Trinajstić information content (AvgIpc) is 2.35. The maximum absolute atomic E-state index is 5.61. The first-order chi connectivity index (χ1) is 8.22. The highest BCUT2D eigenvalue weighted by Crippen LogP contribution is 2.21. The third-order valence-corrected chi connectivity index (χ3v) is 2.67. The summed E-state index contributed by atoms with van der Waals surface area (Å²) < 4.78 is 0. The quantitative estimate of drug-likeness (QED) is 0.460. The molecule has 0 radical (unpaired) electrons. The second-order valence-electron chi connectivity index (χ2n) is 3.93. The van der Waals surface area contributed by atoms with E-state index in [-0.39, 0.29) is 6.04 Å². The Morgan fingerprint density at radius 2 is 2.24 bits per heavy atom. The minimum atomic E-state index is 0.0972. The van der Waals surface area contributed by atoms with Gasteiger partial charge in [-0.3, -0.25) is 11.3 Å². The fraction of sp³-hybridized carbons (Fsp3) is 0.538. The van der Waals surface area contributed by atoms with Gasteiger partial charge in [0.25, 0.3) is 0 Å². The van der Waals surface area contributed by atoms with Crippen LogP contribution in [0.4, 0.5) is 0 Å². The van der Waals surface area contributed by atoms with Crippen molar-refractivity contribution in [2.24, 2.45) is 5.84 Å². The fourth-order valence-electron chi connectivity index (χ4n) is 1.78. The van der Waals surface area contributed by atoms with Gasteiger partial charge in [-0.25, -0.2) is 0 Å². The summed E-state index contributed by atoms with van der Waals surface area (Å²) in [5, 5.41) is 8.29. The van der Waals surface area contributed by atoms with Gasteiger partial charge in [0.2, 0.25) is 0 Å². The molecule has 0 amide bonds. The Hall–Kier alpha value is -1.44. The first-order valence-corrected chi connectivity index (χ1v) is 5.91. The second-order valence-corrected chi connectivity index (χ2v) is 3.93. The van der Waals surface area contributed by atoms with Crippen LogP contribution in [0.3, 0.4) is 0 Å². The normalized spacial score (nSPS) is 11.8. The molecule has 4 heteroatoms. The fourth-order valence-corrected chi connectivity index (χ4v) is 1.78. The Bertz CT molecular complexity index is 417. The predicted octanol–water partition coefficient (Wildman–Crippen LogP) is 1.66. The molecule has 0 saturated heterocycles. The van der Waals surface area contributed by atoms with Crippen LogP contribution in [0.25, 0.3) is 0 Å². The van der Waals surface area contributed by atoms with E-state index in [0.717, 1.165) is 36.2 Å². The molecule has 0 fully saturated rings. The minimum absolute atomic E-state index is 0.0972. The zero-order chi connectivity index (χ0) is 12.7. The number of hydrogen-bond donors (Lipinski definition) is 2. The zero-order valence-corrected chi connectivity index (χ0v) is 10.7. The van der Waals surface area contributed by atoms with Crippen LogP contribution in [0, 0.1) is 18.8 Å². The number of nitrogens with two attached hydrogens (primary N) is 1. The molecule has 92 valence electrons. The summed E-state index contributed by atoms with van der Waals surface area (Å²) in [6, 6.07) is 2.15. The monoisotopic (exact) mass is 232 g/mol. The highest BCUT2D eigenvalue weighted by atomic mass is 15.2. The van der Waals surface area contributed by atoms with E-state index < -0.39 is 0 Å². The Balaban J connectivity index is 2.91. The molecular formula is C13H20N4. The summed E-state index contributed by atoms with van der Waals surface area (Å²) in [6.45, 7) is 5.86. The molecule has 1 heterocycles. The van der Waals surface area contributed by atoms with E-state index in [4.69, 9.17) is 5.84 Å². The van der Waals surface area contributed by atoms with Crippen LogP contribution in [-0.4, -0.2) is 10.2 Å². The van der Waals surface area contributed by atoms with Crippen molar-refractivity contribution in [3.8, 4) is 11.8 Å². The van der Waals surface area contributed by atoms with Gasteiger partial charge in [0.1, 0.15) is 0 Å². The lowest BCUT2D eigenvalue weighted by Crippen LogP contribution is -2.29. The smallest absolute Gasteiger partial charge is 0.0676 e. The van der Waals surface area contributed by atoms with Crippen molar-refractivity contribution in [1.29, 1.82) is 0 Å². The maximum Gasteiger partial charge on any atom is 0.0676 e. The molecule has 17 heavy (non-hydrogen) atoms. The van der Waals surface area contributed by atoms with E-state index in [0.29, 0.717) is 0 Å². The Kier molecular flexibility index (Phi) is 5.61. The van der Waals surface area contributed by atoms with Gasteiger partial charge in [-0.2, -0.15) is 10.2 Å². The Morgan fingerprint density at radius 3 is 2.82 bits per heavy atom. The molecule has 1 unspecified atom stereocenters. The van der Waals surface area contributed by atoms with E-state index in [9.17, 15) is 0 Å². The van der Waals surface area contributed by atoms with Crippen LogP contribution in [0.15, 0.2) is 6.07 Å². The zero-order valence-electron chi connectivity index (χ0n) is 10.7. The molecule has 1 aromatic heterocycles. The Labute approximate surface area is 103 Å². The largest absolute Gasteiger partial charge is 0.271 e. The van der Waals surface area contributed by atoms with E-state index in [1.165, 1.54) is 0 Å². The summed E-state index contributed by atoms with van der Waals surface area (Å²) in [6.07, 6.45) is 2.58. The van der Waals surface area contributed by atoms with E-state index >= 15 is 0 Å². The second kappa shape index (κ2) is 7.00. The third kappa shape index (κ3) is 3.81. The molecule has 0 aromatic carbocycles. The first kappa shape index (κ1) is 13.6. The maximum atomic E-state index is 5.61. The van der Waals surface area contributed by atoms with Crippen molar-refractivity contribution >= 4 is 0 Å². The highest BCUT2D eigenvalue weighted by Gasteiger charge is 2.14. The number of aryl methyl sites for hydroxylation is 2. The third-order valence-electron chi connectivity index (χ3n) is 2.67. The number of rotatable bonds is 5. The van der Waals surface area contributed by atoms with Crippen LogP contribution < -0.4 is 11.3 Å². The highest BCUT2D eigenvalue weighted by molar-refractivity contribution is 5.25. The molecule has 0 aliphatic heterocycles. The van der Waals surface area contributed by atoms with Crippen molar-refractivity contribution in [2.45, 2.75) is 46.1 Å². The SMILES string of the molecule is CC#CCCC(NN)c1cc(C)nnc1CC. The van der Waals surface area contributed by atoms with Crippen LogP contribution >= 0.6 is 0 Å². The van der Waals surface area contributed by atoms with Crippen LogP contribution in [-0.2, 0) is 6.42 Å². The van der Waals surface area contributed by atoms with Gasteiger partial charge in [-0.05, 0) is 38.3 Å². The van der Waals surface area contributed by atoms with E-state index in [1.54, 1.807) is 0 Å². The molecule has 0 saturated carbocycles. The molecule has 1 rings (SSSR count). The van der Waals surface area contributed by atoms with Crippen LogP contribution in [0.2, 0.25) is 0 Å². The van der Waals surface area contributed by atoms with Crippen molar-refractivity contribution in [2.75, 3.05) is 0 Å². The topological polar surface area (TPSA) is 63.8 Å². The molecule has 1 aromatic rings. The lowest BCUT2D eigenvalue weighted by molar-refractivity contribution is 0.515. The number of aromatic nitrogens is 2. The van der Waals surface area contributed by atoms with Gasteiger partial charge >= 0.3 is 0 Å². The van der Waals surface area contributed by atoms with Gasteiger partial charge in [0.05, 0.1) is 11.4 Å². The average molecular weight is 232 g/mol.